The summed E-state index contributed by atoms with van der Waals surface area (Å²) in [7, 11) is 1.96. The lowest BCUT2D eigenvalue weighted by Gasteiger charge is -2.24. The molecule has 1 unspecified atom stereocenters. The average molecular weight is 221 g/mol. The fourth-order valence-electron chi connectivity index (χ4n) is 2.00. The Labute approximate surface area is 96.3 Å². The lowest BCUT2D eigenvalue weighted by molar-refractivity contribution is 0.166. The van der Waals surface area contributed by atoms with Crippen molar-refractivity contribution in [2.45, 2.75) is 25.8 Å². The Morgan fingerprint density at radius 1 is 1.62 bits per heavy atom. The minimum absolute atomic E-state index is 0.137. The van der Waals surface area contributed by atoms with Crippen molar-refractivity contribution in [3.8, 4) is 0 Å². The maximum atomic E-state index is 5.73. The smallest absolute Gasteiger partial charge is 0.115 e. The minimum Gasteiger partial charge on any atom is -0.496 e. The van der Waals surface area contributed by atoms with Gasteiger partial charge in [-0.1, -0.05) is 6.92 Å². The molecule has 1 aliphatic heterocycles. The molecule has 0 amide bonds. The van der Waals surface area contributed by atoms with Crippen molar-refractivity contribution in [2.24, 2.45) is 7.05 Å². The number of rotatable bonds is 4. The van der Waals surface area contributed by atoms with Crippen LogP contribution in [0.5, 0.6) is 0 Å². The Hall–Kier alpha value is -1.29. The van der Waals surface area contributed by atoms with Gasteiger partial charge in [-0.15, -0.1) is 0 Å². The van der Waals surface area contributed by atoms with Gasteiger partial charge in [0.1, 0.15) is 11.8 Å². The van der Waals surface area contributed by atoms with Crippen molar-refractivity contribution >= 4 is 0 Å². The number of allylic oxidation sites excluding steroid dienone is 1. The van der Waals surface area contributed by atoms with Gasteiger partial charge in [-0.3, -0.25) is 4.68 Å². The van der Waals surface area contributed by atoms with E-state index < -0.39 is 0 Å². The second-order valence-corrected chi connectivity index (χ2v) is 3.97. The Bertz CT molecular complexity index is 370. The summed E-state index contributed by atoms with van der Waals surface area (Å²) in [6, 6.07) is 2.17. The van der Waals surface area contributed by atoms with Gasteiger partial charge in [0.25, 0.3) is 0 Å². The molecule has 16 heavy (non-hydrogen) atoms. The monoisotopic (exact) mass is 221 g/mol. The Morgan fingerprint density at radius 3 is 3.06 bits per heavy atom. The first-order valence-corrected chi connectivity index (χ1v) is 5.87. The molecule has 0 radical (unpaired) electrons. The van der Waals surface area contributed by atoms with Crippen LogP contribution in [0.15, 0.2) is 24.1 Å². The Balaban J connectivity index is 2.23. The second kappa shape index (κ2) is 5.16. The standard InChI is InChI=1S/C12H19N3O/c1-3-13-12(10-7-8-14-15(10)2)11-6-4-5-9-16-11/h6-8,12-13H,3-5,9H2,1-2H3. The predicted molar refractivity (Wildman–Crippen MR) is 62.9 cm³/mol. The zero-order valence-corrected chi connectivity index (χ0v) is 9.94. The first-order chi connectivity index (χ1) is 7.83. The SMILES string of the molecule is CCNC(C1=CCCCO1)c1ccnn1C. The van der Waals surface area contributed by atoms with E-state index >= 15 is 0 Å². The first kappa shape index (κ1) is 11.2. The van der Waals surface area contributed by atoms with E-state index in [-0.39, 0.29) is 6.04 Å². The number of nitrogens with zero attached hydrogens (tertiary/aromatic N) is 2. The summed E-state index contributed by atoms with van der Waals surface area (Å²) in [5, 5.41) is 7.65. The van der Waals surface area contributed by atoms with Gasteiger partial charge in [0.15, 0.2) is 0 Å². The summed E-state index contributed by atoms with van der Waals surface area (Å²) >= 11 is 0. The second-order valence-electron chi connectivity index (χ2n) is 3.97. The van der Waals surface area contributed by atoms with Crippen LogP contribution in [0.4, 0.5) is 0 Å². The molecule has 1 N–H and O–H groups in total. The predicted octanol–water partition coefficient (Wildman–Crippen LogP) is 1.76. The van der Waals surface area contributed by atoms with Crippen LogP contribution in [-0.2, 0) is 11.8 Å². The number of nitrogens with one attached hydrogen (secondary N) is 1. The van der Waals surface area contributed by atoms with E-state index in [1.54, 1.807) is 0 Å². The molecule has 0 spiro atoms. The molecule has 88 valence electrons. The maximum absolute atomic E-state index is 5.73. The molecule has 1 aromatic heterocycles. The van der Waals surface area contributed by atoms with E-state index in [1.807, 2.05) is 24.0 Å². The van der Waals surface area contributed by atoms with Gasteiger partial charge in [0.2, 0.25) is 0 Å². The van der Waals surface area contributed by atoms with E-state index in [0.29, 0.717) is 0 Å². The number of aromatic nitrogens is 2. The summed E-state index contributed by atoms with van der Waals surface area (Å²) < 4.78 is 7.62. The molecule has 0 aromatic carbocycles. The fraction of sp³-hybridized carbons (Fsp3) is 0.583. The molecule has 1 atom stereocenters. The number of hydrogen-bond donors (Lipinski definition) is 1. The van der Waals surface area contributed by atoms with E-state index in [1.165, 1.54) is 0 Å². The largest absolute Gasteiger partial charge is 0.496 e. The summed E-state index contributed by atoms with van der Waals surface area (Å²) in [5.74, 6) is 1.04. The fourth-order valence-corrected chi connectivity index (χ4v) is 2.00. The number of aryl methyl sites for hydroxylation is 1. The highest BCUT2D eigenvalue weighted by Gasteiger charge is 2.21. The van der Waals surface area contributed by atoms with Gasteiger partial charge >= 0.3 is 0 Å². The quantitative estimate of drug-likeness (QED) is 0.842. The van der Waals surface area contributed by atoms with Crippen molar-refractivity contribution in [2.75, 3.05) is 13.2 Å². The molecular formula is C12H19N3O. The molecule has 4 nitrogen and oxygen atoms in total. The number of hydrogen-bond acceptors (Lipinski definition) is 3. The van der Waals surface area contributed by atoms with Crippen molar-refractivity contribution in [3.05, 3.63) is 29.8 Å². The third kappa shape index (κ3) is 2.27. The van der Waals surface area contributed by atoms with Gasteiger partial charge in [-0.2, -0.15) is 5.10 Å². The molecule has 0 aliphatic carbocycles. The summed E-state index contributed by atoms with van der Waals surface area (Å²) in [4.78, 5) is 0. The number of likely N-dealkylation sites (N-methyl/N-ethyl adjacent to an activating group) is 1. The van der Waals surface area contributed by atoms with Crippen molar-refractivity contribution < 1.29 is 4.74 Å². The van der Waals surface area contributed by atoms with E-state index in [4.69, 9.17) is 4.74 Å². The average Bonchev–Trinajstić information content (AvgIpc) is 2.73. The molecule has 0 saturated heterocycles. The molecule has 0 fully saturated rings. The normalized spacial score (nSPS) is 17.8. The van der Waals surface area contributed by atoms with Crippen molar-refractivity contribution in [1.82, 2.24) is 15.1 Å². The lowest BCUT2D eigenvalue weighted by Crippen LogP contribution is -2.27. The molecule has 2 heterocycles. The maximum Gasteiger partial charge on any atom is 0.115 e. The molecule has 4 heteroatoms. The summed E-state index contributed by atoms with van der Waals surface area (Å²) in [6.07, 6.45) is 6.23. The van der Waals surface area contributed by atoms with Gasteiger partial charge in [-0.05, 0) is 31.5 Å². The zero-order valence-electron chi connectivity index (χ0n) is 9.94. The van der Waals surface area contributed by atoms with Crippen molar-refractivity contribution in [1.29, 1.82) is 0 Å². The van der Waals surface area contributed by atoms with Crippen LogP contribution in [0.1, 0.15) is 31.5 Å². The minimum atomic E-state index is 0.137. The van der Waals surface area contributed by atoms with Gasteiger partial charge < -0.3 is 10.1 Å². The summed E-state index contributed by atoms with van der Waals surface area (Å²) in [6.45, 7) is 3.84. The van der Waals surface area contributed by atoms with Crippen LogP contribution >= 0.6 is 0 Å². The highest BCUT2D eigenvalue weighted by atomic mass is 16.5. The third-order valence-electron chi connectivity index (χ3n) is 2.81. The Morgan fingerprint density at radius 2 is 2.50 bits per heavy atom. The zero-order chi connectivity index (χ0) is 11.4. The molecule has 1 aliphatic rings. The third-order valence-corrected chi connectivity index (χ3v) is 2.81. The molecule has 0 bridgehead atoms. The molecular weight excluding hydrogens is 202 g/mol. The van der Waals surface area contributed by atoms with Crippen LogP contribution in [0.2, 0.25) is 0 Å². The van der Waals surface area contributed by atoms with Gasteiger partial charge in [0.05, 0.1) is 12.3 Å². The van der Waals surface area contributed by atoms with Gasteiger partial charge in [0, 0.05) is 13.2 Å². The van der Waals surface area contributed by atoms with Crippen molar-refractivity contribution in [3.63, 3.8) is 0 Å². The molecule has 2 rings (SSSR count). The summed E-state index contributed by atoms with van der Waals surface area (Å²) in [5.41, 5.74) is 1.15. The van der Waals surface area contributed by atoms with Crippen LogP contribution in [0, 0.1) is 0 Å². The molecule has 1 aromatic rings. The van der Waals surface area contributed by atoms with Gasteiger partial charge in [-0.25, -0.2) is 0 Å². The topological polar surface area (TPSA) is 39.1 Å². The highest BCUT2D eigenvalue weighted by Crippen LogP contribution is 2.25. The lowest BCUT2D eigenvalue weighted by atomic mass is 10.1. The van der Waals surface area contributed by atoms with Crippen LogP contribution < -0.4 is 5.32 Å². The van der Waals surface area contributed by atoms with Crippen LogP contribution in [0.3, 0.4) is 0 Å². The highest BCUT2D eigenvalue weighted by molar-refractivity contribution is 5.19. The van der Waals surface area contributed by atoms with E-state index in [2.05, 4.69) is 23.4 Å². The van der Waals surface area contributed by atoms with Crippen LogP contribution in [-0.4, -0.2) is 22.9 Å². The van der Waals surface area contributed by atoms with E-state index in [9.17, 15) is 0 Å². The number of ether oxygens (including phenoxy) is 1. The van der Waals surface area contributed by atoms with E-state index in [0.717, 1.165) is 37.4 Å². The Kier molecular flexibility index (Phi) is 3.62. The molecule has 0 saturated carbocycles. The first-order valence-electron chi connectivity index (χ1n) is 5.87. The van der Waals surface area contributed by atoms with Crippen LogP contribution in [0.25, 0.3) is 0 Å².